The summed E-state index contributed by atoms with van der Waals surface area (Å²) < 4.78 is 31.1. The molecule has 0 fully saturated rings. The Balaban J connectivity index is 1.55. The lowest BCUT2D eigenvalue weighted by atomic mass is 10.2. The molecule has 0 unspecified atom stereocenters. The van der Waals surface area contributed by atoms with Crippen molar-refractivity contribution in [2.24, 2.45) is 0 Å². The van der Waals surface area contributed by atoms with E-state index < -0.39 is 12.5 Å². The minimum absolute atomic E-state index is 0.0515. The fraction of sp³-hybridized carbons (Fsp3) is 0.190. The van der Waals surface area contributed by atoms with Gasteiger partial charge in [0.1, 0.15) is 10.6 Å². The van der Waals surface area contributed by atoms with Crippen molar-refractivity contribution in [2.75, 3.05) is 11.1 Å². The molecule has 1 N–H and O–H groups in total. The average Bonchev–Trinajstić information content (AvgIpc) is 3.43. The van der Waals surface area contributed by atoms with Gasteiger partial charge in [0.05, 0.1) is 16.8 Å². The molecule has 166 valence electrons. The number of benzene rings is 1. The van der Waals surface area contributed by atoms with Crippen LogP contribution in [-0.4, -0.2) is 27.8 Å². The van der Waals surface area contributed by atoms with Crippen LogP contribution in [0.5, 0.6) is 5.75 Å². The number of anilines is 1. The molecule has 6 nitrogen and oxygen atoms in total. The van der Waals surface area contributed by atoms with Gasteiger partial charge in [0.25, 0.3) is 5.56 Å². The van der Waals surface area contributed by atoms with E-state index in [1.54, 1.807) is 17.4 Å². The number of fused-ring (bicyclic) bond motifs is 1. The molecule has 0 bridgehead atoms. The third-order valence-electron chi connectivity index (χ3n) is 4.47. The number of halogens is 2. The minimum Gasteiger partial charge on any atom is -0.433 e. The molecule has 4 aromatic rings. The highest BCUT2D eigenvalue weighted by Gasteiger charge is 2.18. The Hall–Kier alpha value is -2.76. The standard InChI is InChI=1S/C21H17F2N3O3S3/c1-2-26-19(28)17-12(15-8-5-9-30-15)10-31-18(17)25-21(26)32-11-16(27)24-13-6-3-4-7-14(13)29-20(22)23/h3-10,20H,2,11H2,1H3,(H,24,27). The van der Waals surface area contributed by atoms with Crippen molar-refractivity contribution >= 4 is 56.2 Å². The number of thiophene rings is 2. The number of carbonyl (C=O) groups is 1. The second-order valence-corrected chi connectivity index (χ2v) is 9.21. The smallest absolute Gasteiger partial charge is 0.387 e. The Kier molecular flexibility index (Phi) is 6.87. The topological polar surface area (TPSA) is 73.2 Å². The predicted molar refractivity (Wildman–Crippen MR) is 125 cm³/mol. The van der Waals surface area contributed by atoms with Crippen LogP contribution in [0.3, 0.4) is 0 Å². The Morgan fingerprint density at radius 3 is 2.78 bits per heavy atom. The van der Waals surface area contributed by atoms with Crippen molar-refractivity contribution < 1.29 is 18.3 Å². The molecule has 11 heteroatoms. The first kappa shape index (κ1) is 22.4. The summed E-state index contributed by atoms with van der Waals surface area (Å²) in [7, 11) is 0. The molecule has 32 heavy (non-hydrogen) atoms. The number of nitrogens with zero attached hydrogens (tertiary/aromatic N) is 2. The number of carbonyl (C=O) groups excluding carboxylic acids is 1. The molecule has 3 aromatic heterocycles. The summed E-state index contributed by atoms with van der Waals surface area (Å²) in [6, 6.07) is 9.86. The van der Waals surface area contributed by atoms with E-state index in [1.165, 1.54) is 34.1 Å². The van der Waals surface area contributed by atoms with Crippen molar-refractivity contribution in [3.8, 4) is 16.2 Å². The van der Waals surface area contributed by atoms with Crippen molar-refractivity contribution in [3.63, 3.8) is 0 Å². The van der Waals surface area contributed by atoms with E-state index in [0.717, 1.165) is 22.2 Å². The summed E-state index contributed by atoms with van der Waals surface area (Å²) >= 11 is 4.06. The number of nitrogens with one attached hydrogen (secondary N) is 1. The zero-order chi connectivity index (χ0) is 22.7. The van der Waals surface area contributed by atoms with Gasteiger partial charge in [-0.15, -0.1) is 22.7 Å². The summed E-state index contributed by atoms with van der Waals surface area (Å²) in [6.45, 7) is -0.757. The highest BCUT2D eigenvalue weighted by Crippen LogP contribution is 2.34. The van der Waals surface area contributed by atoms with E-state index in [0.29, 0.717) is 21.9 Å². The maximum Gasteiger partial charge on any atom is 0.387 e. The minimum atomic E-state index is -3.00. The first-order valence-electron chi connectivity index (χ1n) is 9.50. The number of amides is 1. The molecule has 0 spiro atoms. The van der Waals surface area contributed by atoms with Gasteiger partial charge < -0.3 is 10.1 Å². The molecule has 0 aliphatic heterocycles. The van der Waals surface area contributed by atoms with Gasteiger partial charge in [-0.2, -0.15) is 8.78 Å². The van der Waals surface area contributed by atoms with Gasteiger partial charge in [-0.1, -0.05) is 30.0 Å². The van der Waals surface area contributed by atoms with Crippen molar-refractivity contribution in [1.29, 1.82) is 0 Å². The number of para-hydroxylation sites is 2. The van der Waals surface area contributed by atoms with E-state index in [4.69, 9.17) is 0 Å². The first-order chi connectivity index (χ1) is 15.5. The second kappa shape index (κ2) is 9.80. The van der Waals surface area contributed by atoms with Crippen molar-refractivity contribution in [2.45, 2.75) is 25.2 Å². The summed E-state index contributed by atoms with van der Waals surface area (Å²) in [5, 5.41) is 7.45. The molecule has 0 atom stereocenters. The fourth-order valence-electron chi connectivity index (χ4n) is 3.09. The molecule has 0 radical (unpaired) electrons. The lowest BCUT2D eigenvalue weighted by Gasteiger charge is -2.12. The normalized spacial score (nSPS) is 11.2. The third-order valence-corrected chi connectivity index (χ3v) is 7.22. The van der Waals surface area contributed by atoms with Gasteiger partial charge >= 0.3 is 6.61 Å². The number of aromatic nitrogens is 2. The monoisotopic (exact) mass is 493 g/mol. The SMILES string of the molecule is CCn1c(SCC(=O)Nc2ccccc2OC(F)F)nc2scc(-c3cccs3)c2c1=O. The van der Waals surface area contributed by atoms with Gasteiger partial charge in [0.15, 0.2) is 5.16 Å². The summed E-state index contributed by atoms with van der Waals surface area (Å²) in [6.07, 6.45) is 0. The molecule has 0 aliphatic carbocycles. The van der Waals surface area contributed by atoms with Crippen molar-refractivity contribution in [1.82, 2.24) is 9.55 Å². The summed E-state index contributed by atoms with van der Waals surface area (Å²) in [5.74, 6) is -0.599. The lowest BCUT2D eigenvalue weighted by Crippen LogP contribution is -2.23. The van der Waals surface area contributed by atoms with Crippen LogP contribution >= 0.6 is 34.4 Å². The lowest BCUT2D eigenvalue weighted by molar-refractivity contribution is -0.113. The Morgan fingerprint density at radius 1 is 1.25 bits per heavy atom. The van der Waals surface area contributed by atoms with Gasteiger partial charge in [0, 0.05) is 22.4 Å². The van der Waals surface area contributed by atoms with Crippen LogP contribution in [0.25, 0.3) is 20.7 Å². The van der Waals surface area contributed by atoms with Crippen molar-refractivity contribution in [3.05, 3.63) is 57.5 Å². The highest BCUT2D eigenvalue weighted by molar-refractivity contribution is 7.99. The van der Waals surface area contributed by atoms with Gasteiger partial charge in [-0.25, -0.2) is 4.98 Å². The Labute approximate surface area is 193 Å². The predicted octanol–water partition coefficient (Wildman–Crippen LogP) is 5.54. The van der Waals surface area contributed by atoms with Crippen LogP contribution in [0, 0.1) is 0 Å². The Bertz CT molecular complexity index is 1300. The molecule has 0 saturated carbocycles. The number of rotatable bonds is 8. The van der Waals surface area contributed by atoms with E-state index in [-0.39, 0.29) is 22.7 Å². The number of hydrogen-bond acceptors (Lipinski definition) is 7. The maximum absolute atomic E-state index is 13.2. The van der Waals surface area contributed by atoms with E-state index in [2.05, 4.69) is 15.0 Å². The molecule has 0 saturated heterocycles. The summed E-state index contributed by atoms with van der Waals surface area (Å²) in [4.78, 5) is 31.9. The van der Waals surface area contributed by atoms with Crippen LogP contribution in [-0.2, 0) is 11.3 Å². The zero-order valence-corrected chi connectivity index (χ0v) is 19.2. The van der Waals surface area contributed by atoms with Gasteiger partial charge in [-0.3, -0.25) is 14.2 Å². The van der Waals surface area contributed by atoms with Crippen LogP contribution in [0.15, 0.2) is 57.1 Å². The number of thioether (sulfide) groups is 1. The molecule has 0 aliphatic rings. The average molecular weight is 494 g/mol. The largest absolute Gasteiger partial charge is 0.433 e. The molecule has 1 aromatic carbocycles. The number of alkyl halides is 2. The number of ether oxygens (including phenoxy) is 1. The zero-order valence-electron chi connectivity index (χ0n) is 16.7. The summed E-state index contributed by atoms with van der Waals surface area (Å²) in [5.41, 5.74) is 0.860. The van der Waals surface area contributed by atoms with Crippen LogP contribution in [0.1, 0.15) is 6.92 Å². The first-order valence-corrected chi connectivity index (χ1v) is 12.2. The molecule has 3 heterocycles. The van der Waals surface area contributed by atoms with E-state index >= 15 is 0 Å². The molecule has 1 amide bonds. The highest BCUT2D eigenvalue weighted by atomic mass is 32.2. The van der Waals surface area contributed by atoms with E-state index in [1.807, 2.05) is 29.8 Å². The van der Waals surface area contributed by atoms with Crippen LogP contribution in [0.4, 0.5) is 14.5 Å². The Morgan fingerprint density at radius 2 is 2.06 bits per heavy atom. The quantitative estimate of drug-likeness (QED) is 0.258. The fourth-order valence-corrected chi connectivity index (χ4v) is 5.76. The maximum atomic E-state index is 13.2. The molecular weight excluding hydrogens is 476 g/mol. The second-order valence-electron chi connectivity index (χ2n) is 6.46. The third kappa shape index (κ3) is 4.69. The number of hydrogen-bond donors (Lipinski definition) is 1. The van der Waals surface area contributed by atoms with Gasteiger partial charge in [0.2, 0.25) is 5.91 Å². The van der Waals surface area contributed by atoms with E-state index in [9.17, 15) is 18.4 Å². The van der Waals surface area contributed by atoms with Gasteiger partial charge in [-0.05, 0) is 30.5 Å². The van der Waals surface area contributed by atoms with Crippen LogP contribution < -0.4 is 15.6 Å². The molecular formula is C21H17F2N3O3S3. The van der Waals surface area contributed by atoms with Crippen LogP contribution in [0.2, 0.25) is 0 Å². The molecule has 4 rings (SSSR count).